The third-order valence-corrected chi connectivity index (χ3v) is 7.72. The number of amides is 1. The Bertz CT molecular complexity index is 1270. The number of carbonyl (C=O) groups excluding carboxylic acids is 1. The third kappa shape index (κ3) is 6.66. The summed E-state index contributed by atoms with van der Waals surface area (Å²) in [5, 5.41) is 3.04. The predicted octanol–water partition coefficient (Wildman–Crippen LogP) is 5.18. The fourth-order valence-electron chi connectivity index (χ4n) is 4.61. The van der Waals surface area contributed by atoms with Crippen molar-refractivity contribution in [3.05, 3.63) is 95.1 Å². The van der Waals surface area contributed by atoms with Crippen molar-refractivity contribution in [3.63, 3.8) is 0 Å². The standard InChI is InChI=1S/C29H34N2O4S/c1-3-28(25-14-13-23-11-7-8-12-24(23)19-25)30-29(32)20-31(36(2,33)34)26-15-17-27(18-16-26)35-21-22-9-5-4-6-10-22/h4-6,9-10,13-19,28H,3,7-8,11-12,20-21H2,1-2H3,(H,30,32). The number of sulfonamides is 1. The molecule has 1 aliphatic carbocycles. The first kappa shape index (κ1) is 25.8. The number of rotatable bonds is 10. The Kier molecular flexibility index (Phi) is 8.31. The van der Waals surface area contributed by atoms with Crippen molar-refractivity contribution in [3.8, 4) is 5.75 Å². The van der Waals surface area contributed by atoms with Crippen LogP contribution < -0.4 is 14.4 Å². The van der Waals surface area contributed by atoms with Crippen LogP contribution in [0.1, 0.15) is 54.5 Å². The molecular weight excluding hydrogens is 472 g/mol. The summed E-state index contributed by atoms with van der Waals surface area (Å²) in [4.78, 5) is 13.0. The van der Waals surface area contributed by atoms with Crippen LogP contribution >= 0.6 is 0 Å². The van der Waals surface area contributed by atoms with Crippen LogP contribution in [-0.4, -0.2) is 27.1 Å². The van der Waals surface area contributed by atoms with Crippen molar-refractivity contribution < 1.29 is 17.9 Å². The van der Waals surface area contributed by atoms with Crippen LogP contribution in [0.2, 0.25) is 0 Å². The van der Waals surface area contributed by atoms with Crippen molar-refractivity contribution >= 4 is 21.6 Å². The smallest absolute Gasteiger partial charge is 0.241 e. The molecule has 1 atom stereocenters. The Labute approximate surface area is 214 Å². The third-order valence-electron chi connectivity index (χ3n) is 6.58. The first-order chi connectivity index (χ1) is 17.3. The first-order valence-electron chi connectivity index (χ1n) is 12.5. The molecular formula is C29H34N2O4S. The van der Waals surface area contributed by atoms with Gasteiger partial charge in [0.15, 0.2) is 0 Å². The molecule has 7 heteroatoms. The molecule has 0 radical (unpaired) electrons. The van der Waals surface area contributed by atoms with E-state index in [4.69, 9.17) is 4.74 Å². The van der Waals surface area contributed by atoms with Gasteiger partial charge in [0, 0.05) is 0 Å². The molecule has 1 unspecified atom stereocenters. The lowest BCUT2D eigenvalue weighted by molar-refractivity contribution is -0.120. The average Bonchev–Trinajstić information content (AvgIpc) is 2.89. The number of hydrogen-bond acceptors (Lipinski definition) is 4. The second kappa shape index (κ2) is 11.6. The predicted molar refractivity (Wildman–Crippen MR) is 144 cm³/mol. The highest BCUT2D eigenvalue weighted by molar-refractivity contribution is 7.92. The summed E-state index contributed by atoms with van der Waals surface area (Å²) in [6.45, 7) is 2.15. The number of fused-ring (bicyclic) bond motifs is 1. The summed E-state index contributed by atoms with van der Waals surface area (Å²) < 4.78 is 32.1. The summed E-state index contributed by atoms with van der Waals surface area (Å²) in [5.74, 6) is 0.286. The molecule has 4 rings (SSSR count). The number of aryl methyl sites for hydroxylation is 2. The van der Waals surface area contributed by atoms with E-state index in [1.165, 1.54) is 24.0 Å². The molecule has 190 valence electrons. The van der Waals surface area contributed by atoms with Crippen LogP contribution in [0.15, 0.2) is 72.8 Å². The first-order valence-corrected chi connectivity index (χ1v) is 14.3. The lowest BCUT2D eigenvalue weighted by Gasteiger charge is -2.25. The number of nitrogens with zero attached hydrogens (tertiary/aromatic N) is 1. The summed E-state index contributed by atoms with van der Waals surface area (Å²) in [6, 6.07) is 22.9. The van der Waals surface area contributed by atoms with E-state index in [2.05, 4.69) is 23.5 Å². The quantitative estimate of drug-likeness (QED) is 0.411. The number of hydrogen-bond donors (Lipinski definition) is 1. The van der Waals surface area contributed by atoms with E-state index in [9.17, 15) is 13.2 Å². The van der Waals surface area contributed by atoms with Crippen LogP contribution in [0.4, 0.5) is 5.69 Å². The Balaban J connectivity index is 1.42. The van der Waals surface area contributed by atoms with Crippen molar-refractivity contribution in [2.24, 2.45) is 0 Å². The van der Waals surface area contributed by atoms with Gasteiger partial charge in [-0.05, 0) is 78.6 Å². The van der Waals surface area contributed by atoms with Crippen molar-refractivity contribution in [1.29, 1.82) is 0 Å². The van der Waals surface area contributed by atoms with Gasteiger partial charge in [-0.1, -0.05) is 55.5 Å². The van der Waals surface area contributed by atoms with Crippen molar-refractivity contribution in [2.75, 3.05) is 17.1 Å². The Morgan fingerprint density at radius 1 is 0.972 bits per heavy atom. The number of nitrogens with one attached hydrogen (secondary N) is 1. The molecule has 6 nitrogen and oxygen atoms in total. The highest BCUT2D eigenvalue weighted by Crippen LogP contribution is 2.27. The largest absolute Gasteiger partial charge is 0.489 e. The number of carbonyl (C=O) groups is 1. The van der Waals surface area contributed by atoms with Gasteiger partial charge in [0.2, 0.25) is 15.9 Å². The maximum atomic E-state index is 13.0. The number of benzene rings is 3. The van der Waals surface area contributed by atoms with Gasteiger partial charge in [0.1, 0.15) is 18.9 Å². The molecule has 0 saturated carbocycles. The number of anilines is 1. The molecule has 3 aromatic carbocycles. The topological polar surface area (TPSA) is 75.7 Å². The highest BCUT2D eigenvalue weighted by Gasteiger charge is 2.23. The summed E-state index contributed by atoms with van der Waals surface area (Å²) in [5.41, 5.74) is 5.28. The van der Waals surface area contributed by atoms with E-state index in [1.54, 1.807) is 24.3 Å². The maximum Gasteiger partial charge on any atom is 0.241 e. The molecule has 1 N–H and O–H groups in total. The molecule has 0 aliphatic heterocycles. The maximum absolute atomic E-state index is 13.0. The Hall–Kier alpha value is -3.32. The number of ether oxygens (including phenoxy) is 1. The van der Waals surface area contributed by atoms with E-state index in [1.807, 2.05) is 37.3 Å². The van der Waals surface area contributed by atoms with Gasteiger partial charge in [-0.25, -0.2) is 8.42 Å². The molecule has 1 aliphatic rings. The molecule has 0 fully saturated rings. The van der Waals surface area contributed by atoms with E-state index in [0.29, 0.717) is 18.0 Å². The lowest BCUT2D eigenvalue weighted by Crippen LogP contribution is -2.41. The molecule has 3 aromatic rings. The van der Waals surface area contributed by atoms with Crippen LogP contribution in [-0.2, 0) is 34.3 Å². The minimum absolute atomic E-state index is 0.167. The Morgan fingerprint density at radius 2 is 1.67 bits per heavy atom. The van der Waals surface area contributed by atoms with E-state index in [0.717, 1.165) is 41.0 Å². The van der Waals surface area contributed by atoms with Gasteiger partial charge in [-0.3, -0.25) is 9.10 Å². The molecule has 0 aromatic heterocycles. The minimum atomic E-state index is -3.67. The second-order valence-corrected chi connectivity index (χ2v) is 11.2. The zero-order valence-corrected chi connectivity index (χ0v) is 21.8. The normalized spacial score (nSPS) is 13.9. The molecule has 0 spiro atoms. The zero-order valence-electron chi connectivity index (χ0n) is 20.9. The lowest BCUT2D eigenvalue weighted by atomic mass is 9.89. The van der Waals surface area contributed by atoms with Gasteiger partial charge in [-0.2, -0.15) is 0 Å². The average molecular weight is 507 g/mol. The molecule has 1 amide bonds. The van der Waals surface area contributed by atoms with Crippen LogP contribution in [0, 0.1) is 0 Å². The van der Waals surface area contributed by atoms with Gasteiger partial charge in [0.05, 0.1) is 18.0 Å². The summed E-state index contributed by atoms with van der Waals surface area (Å²) >= 11 is 0. The van der Waals surface area contributed by atoms with E-state index >= 15 is 0 Å². The molecule has 0 bridgehead atoms. The molecule has 36 heavy (non-hydrogen) atoms. The van der Waals surface area contributed by atoms with Gasteiger partial charge >= 0.3 is 0 Å². The minimum Gasteiger partial charge on any atom is -0.489 e. The summed E-state index contributed by atoms with van der Waals surface area (Å²) in [6.07, 6.45) is 6.43. The van der Waals surface area contributed by atoms with Crippen LogP contribution in [0.3, 0.4) is 0 Å². The second-order valence-electron chi connectivity index (χ2n) is 9.30. The highest BCUT2D eigenvalue weighted by atomic mass is 32.2. The van der Waals surface area contributed by atoms with Gasteiger partial charge < -0.3 is 10.1 Å². The van der Waals surface area contributed by atoms with E-state index < -0.39 is 10.0 Å². The Morgan fingerprint density at radius 3 is 2.33 bits per heavy atom. The van der Waals surface area contributed by atoms with Crippen molar-refractivity contribution in [2.45, 2.75) is 51.7 Å². The fourth-order valence-corrected chi connectivity index (χ4v) is 5.47. The molecule has 0 heterocycles. The van der Waals surface area contributed by atoms with Crippen molar-refractivity contribution in [1.82, 2.24) is 5.32 Å². The monoisotopic (exact) mass is 506 g/mol. The summed E-state index contributed by atoms with van der Waals surface area (Å²) in [7, 11) is -3.67. The fraction of sp³-hybridized carbons (Fsp3) is 0.345. The van der Waals surface area contributed by atoms with E-state index in [-0.39, 0.29) is 18.5 Å². The SMILES string of the molecule is CCC(NC(=O)CN(c1ccc(OCc2ccccc2)cc1)S(C)(=O)=O)c1ccc2c(c1)CCCC2. The van der Waals surface area contributed by atoms with Crippen LogP contribution in [0.25, 0.3) is 0 Å². The van der Waals surface area contributed by atoms with Crippen LogP contribution in [0.5, 0.6) is 5.75 Å². The van der Waals surface area contributed by atoms with Gasteiger partial charge in [-0.15, -0.1) is 0 Å². The molecule has 0 saturated heterocycles. The van der Waals surface area contributed by atoms with Gasteiger partial charge in [0.25, 0.3) is 0 Å². The zero-order chi connectivity index (χ0) is 25.5.